The van der Waals surface area contributed by atoms with E-state index in [9.17, 15) is 4.79 Å². The molecule has 0 atom stereocenters. The zero-order chi connectivity index (χ0) is 14.4. The molecule has 0 aromatic carbocycles. The maximum atomic E-state index is 11.9. The summed E-state index contributed by atoms with van der Waals surface area (Å²) in [5.41, 5.74) is 0.878. The number of nitrogens with one attached hydrogen (secondary N) is 2. The summed E-state index contributed by atoms with van der Waals surface area (Å²) in [7, 11) is 1.65. The van der Waals surface area contributed by atoms with E-state index in [1.807, 2.05) is 13.0 Å². The first-order chi connectivity index (χ1) is 9.72. The molecule has 0 saturated heterocycles. The zero-order valence-corrected chi connectivity index (χ0v) is 14.0. The third-order valence-electron chi connectivity index (χ3n) is 2.70. The molecule has 2 aromatic rings. The molecule has 0 aliphatic carbocycles. The molecule has 8 nitrogen and oxygen atoms in total. The van der Waals surface area contributed by atoms with Gasteiger partial charge in [-0.2, -0.15) is 4.98 Å². The molecule has 0 spiro atoms. The molecule has 2 N–H and O–H groups in total. The van der Waals surface area contributed by atoms with Crippen LogP contribution in [0.5, 0.6) is 0 Å². The smallest absolute Gasteiger partial charge is 0.291 e. The van der Waals surface area contributed by atoms with Crippen molar-refractivity contribution in [3.8, 4) is 0 Å². The average Bonchev–Trinajstić information content (AvgIpc) is 2.88. The van der Waals surface area contributed by atoms with Gasteiger partial charge in [0.05, 0.1) is 6.61 Å². The van der Waals surface area contributed by atoms with Crippen LogP contribution in [-0.2, 0) is 4.74 Å². The molecule has 0 fully saturated rings. The maximum absolute atomic E-state index is 11.9. The zero-order valence-electron chi connectivity index (χ0n) is 12.4. The molecule has 0 bridgehead atoms. The minimum absolute atomic E-state index is 0. The van der Waals surface area contributed by atoms with Crippen LogP contribution < -0.4 is 10.6 Å². The number of halogens is 2. The molecule has 0 radical (unpaired) electrons. The Balaban J connectivity index is 0.00000220. The Bertz CT molecular complexity index is 592. The van der Waals surface area contributed by atoms with Gasteiger partial charge in [0.15, 0.2) is 0 Å². The van der Waals surface area contributed by atoms with Crippen molar-refractivity contribution in [3.05, 3.63) is 23.8 Å². The van der Waals surface area contributed by atoms with Gasteiger partial charge in [-0.25, -0.2) is 9.50 Å². The van der Waals surface area contributed by atoms with Crippen LogP contribution in [0.25, 0.3) is 5.78 Å². The molecule has 0 aliphatic rings. The number of aromatic nitrogens is 4. The van der Waals surface area contributed by atoms with Crippen LogP contribution in [0.15, 0.2) is 12.3 Å². The lowest BCUT2D eigenvalue weighted by molar-refractivity contribution is 0.0943. The molecule has 2 heterocycles. The third kappa shape index (κ3) is 5.38. The number of carbonyl (C=O) groups is 1. The first kappa shape index (κ1) is 20.5. The van der Waals surface area contributed by atoms with Crippen LogP contribution >= 0.6 is 24.8 Å². The fourth-order valence-electron chi connectivity index (χ4n) is 1.65. The first-order valence-electron chi connectivity index (χ1n) is 6.38. The summed E-state index contributed by atoms with van der Waals surface area (Å²) in [6.07, 6.45) is 1.64. The normalized spacial score (nSPS) is 9.91. The van der Waals surface area contributed by atoms with E-state index in [1.54, 1.807) is 17.8 Å². The molecule has 0 aliphatic heterocycles. The van der Waals surface area contributed by atoms with Gasteiger partial charge < -0.3 is 15.4 Å². The SMILES string of the molecule is COCCNCCNC(=O)c1nc2nccc(C)n2n1.Cl.Cl. The largest absolute Gasteiger partial charge is 0.383 e. The number of hydrogen-bond acceptors (Lipinski definition) is 6. The molecular formula is C12H20Cl2N6O2. The van der Waals surface area contributed by atoms with Gasteiger partial charge in [-0.15, -0.1) is 29.9 Å². The molecule has 124 valence electrons. The molecule has 1 amide bonds. The predicted molar refractivity (Wildman–Crippen MR) is 87.1 cm³/mol. The average molecular weight is 351 g/mol. The Morgan fingerprint density at radius 3 is 2.77 bits per heavy atom. The van der Waals surface area contributed by atoms with Crippen LogP contribution in [0.1, 0.15) is 16.3 Å². The summed E-state index contributed by atoms with van der Waals surface area (Å²) in [6, 6.07) is 1.81. The lowest BCUT2D eigenvalue weighted by Gasteiger charge is -2.04. The summed E-state index contributed by atoms with van der Waals surface area (Å²) >= 11 is 0. The van der Waals surface area contributed by atoms with Crippen molar-refractivity contribution in [2.45, 2.75) is 6.92 Å². The molecule has 22 heavy (non-hydrogen) atoms. The number of rotatable bonds is 7. The van der Waals surface area contributed by atoms with Crippen molar-refractivity contribution in [2.24, 2.45) is 0 Å². The van der Waals surface area contributed by atoms with Crippen LogP contribution in [0.3, 0.4) is 0 Å². The highest BCUT2D eigenvalue weighted by Gasteiger charge is 2.13. The van der Waals surface area contributed by atoms with Gasteiger partial charge in [0, 0.05) is 38.6 Å². The number of ether oxygens (including phenoxy) is 1. The van der Waals surface area contributed by atoms with E-state index in [-0.39, 0.29) is 36.5 Å². The second-order valence-corrected chi connectivity index (χ2v) is 4.23. The lowest BCUT2D eigenvalue weighted by Crippen LogP contribution is -2.33. The minimum Gasteiger partial charge on any atom is -0.383 e. The number of hydrogen-bond donors (Lipinski definition) is 2. The van der Waals surface area contributed by atoms with Gasteiger partial charge in [0.2, 0.25) is 5.82 Å². The topological polar surface area (TPSA) is 93.4 Å². The van der Waals surface area contributed by atoms with Crippen molar-refractivity contribution < 1.29 is 9.53 Å². The number of aryl methyl sites for hydroxylation is 1. The molecule has 0 unspecified atom stereocenters. The van der Waals surface area contributed by atoms with E-state index in [1.165, 1.54) is 0 Å². The quantitative estimate of drug-likeness (QED) is 0.695. The minimum atomic E-state index is -0.302. The fraction of sp³-hybridized carbons (Fsp3) is 0.500. The van der Waals surface area contributed by atoms with E-state index in [2.05, 4.69) is 25.7 Å². The Morgan fingerprint density at radius 1 is 1.32 bits per heavy atom. The van der Waals surface area contributed by atoms with Gasteiger partial charge in [-0.05, 0) is 13.0 Å². The van der Waals surface area contributed by atoms with Crippen molar-refractivity contribution in [2.75, 3.05) is 33.4 Å². The highest BCUT2D eigenvalue weighted by atomic mass is 35.5. The van der Waals surface area contributed by atoms with Gasteiger partial charge in [-0.3, -0.25) is 4.79 Å². The molecule has 10 heteroatoms. The summed E-state index contributed by atoms with van der Waals surface area (Å²) in [6.45, 7) is 4.45. The first-order valence-corrected chi connectivity index (χ1v) is 6.38. The number of methoxy groups -OCH3 is 1. The van der Waals surface area contributed by atoms with Crippen LogP contribution in [0.2, 0.25) is 0 Å². The van der Waals surface area contributed by atoms with Crippen LogP contribution in [0.4, 0.5) is 0 Å². The van der Waals surface area contributed by atoms with Gasteiger partial charge >= 0.3 is 0 Å². The summed E-state index contributed by atoms with van der Waals surface area (Å²) in [5.74, 6) is 0.250. The lowest BCUT2D eigenvalue weighted by atomic mass is 10.5. The summed E-state index contributed by atoms with van der Waals surface area (Å²) < 4.78 is 6.45. The van der Waals surface area contributed by atoms with Crippen LogP contribution in [0, 0.1) is 6.92 Å². The van der Waals surface area contributed by atoms with E-state index in [0.29, 0.717) is 25.5 Å². The Kier molecular flexibility index (Phi) is 9.59. The standard InChI is InChI=1S/C12H18N6O2.2ClH/c1-9-3-4-15-12-16-10(17-18(9)12)11(19)14-6-5-13-7-8-20-2;;/h3-4,13H,5-8H2,1-2H3,(H,14,19);2*1H. The molecule has 0 saturated carbocycles. The Hall–Kier alpha value is -1.48. The summed E-state index contributed by atoms with van der Waals surface area (Å²) in [4.78, 5) is 20.0. The second kappa shape index (κ2) is 10.3. The van der Waals surface area contributed by atoms with E-state index >= 15 is 0 Å². The van der Waals surface area contributed by atoms with Crippen molar-refractivity contribution in [3.63, 3.8) is 0 Å². The Morgan fingerprint density at radius 2 is 2.09 bits per heavy atom. The number of carbonyl (C=O) groups excluding carboxylic acids is 1. The fourth-order valence-corrected chi connectivity index (χ4v) is 1.65. The van der Waals surface area contributed by atoms with Crippen molar-refractivity contribution >= 4 is 36.5 Å². The van der Waals surface area contributed by atoms with Gasteiger partial charge in [0.1, 0.15) is 0 Å². The highest BCUT2D eigenvalue weighted by molar-refractivity contribution is 5.90. The number of fused-ring (bicyclic) bond motifs is 1. The molecular weight excluding hydrogens is 331 g/mol. The summed E-state index contributed by atoms with van der Waals surface area (Å²) in [5, 5.41) is 10.0. The molecule has 2 aromatic heterocycles. The van der Waals surface area contributed by atoms with E-state index in [0.717, 1.165) is 12.2 Å². The van der Waals surface area contributed by atoms with E-state index < -0.39 is 0 Å². The Labute approximate surface area is 140 Å². The van der Waals surface area contributed by atoms with Crippen LogP contribution in [-0.4, -0.2) is 58.8 Å². The third-order valence-corrected chi connectivity index (χ3v) is 2.70. The number of nitrogens with zero attached hydrogens (tertiary/aromatic N) is 4. The number of amides is 1. The monoisotopic (exact) mass is 350 g/mol. The van der Waals surface area contributed by atoms with Gasteiger partial charge in [-0.1, -0.05) is 0 Å². The predicted octanol–water partition coefficient (Wildman–Crippen LogP) is 0.242. The molecule has 2 rings (SSSR count). The second-order valence-electron chi connectivity index (χ2n) is 4.23. The maximum Gasteiger partial charge on any atom is 0.291 e. The van der Waals surface area contributed by atoms with Crippen molar-refractivity contribution in [1.29, 1.82) is 0 Å². The van der Waals surface area contributed by atoms with E-state index in [4.69, 9.17) is 4.74 Å². The van der Waals surface area contributed by atoms with Crippen molar-refractivity contribution in [1.82, 2.24) is 30.2 Å². The van der Waals surface area contributed by atoms with Gasteiger partial charge in [0.25, 0.3) is 11.7 Å². The highest BCUT2D eigenvalue weighted by Crippen LogP contribution is 2.01.